The lowest BCUT2D eigenvalue weighted by Gasteiger charge is -2.43. The maximum absolute atomic E-state index is 13.1. The Hall–Kier alpha value is -3.31. The number of likely N-dealkylation sites (tertiary alicyclic amines) is 1. The van der Waals surface area contributed by atoms with Gasteiger partial charge in [0.2, 0.25) is 11.8 Å². The van der Waals surface area contributed by atoms with Crippen molar-refractivity contribution in [2.75, 3.05) is 25.0 Å². The summed E-state index contributed by atoms with van der Waals surface area (Å²) < 4.78 is 19.0. The first-order chi connectivity index (χ1) is 21.9. The molecule has 2 aliphatic heterocycles. The molecule has 5 atom stereocenters. The minimum Gasteiger partial charge on any atom is -0.459 e. The highest BCUT2D eigenvalue weighted by atomic mass is 16.7. The minimum atomic E-state index is -0.697. The zero-order chi connectivity index (χ0) is 33.3. The summed E-state index contributed by atoms with van der Waals surface area (Å²) >= 11 is 0. The Morgan fingerprint density at radius 2 is 1.78 bits per heavy atom. The number of aliphatic hydroxyl groups excluding tert-OH is 1. The molecule has 252 valence electrons. The summed E-state index contributed by atoms with van der Waals surface area (Å²) in [6.07, 6.45) is 3.22. The fourth-order valence-corrected chi connectivity index (χ4v) is 6.08. The number of aliphatic hydroxyl groups is 1. The Bertz CT molecular complexity index is 1310. The van der Waals surface area contributed by atoms with Crippen LogP contribution in [0, 0.1) is 5.92 Å². The summed E-state index contributed by atoms with van der Waals surface area (Å²) in [7, 11) is 0. The smallest absolute Gasteiger partial charge is 0.323 e. The fourth-order valence-electron chi connectivity index (χ4n) is 6.08. The van der Waals surface area contributed by atoms with Crippen LogP contribution >= 0.6 is 0 Å². The van der Waals surface area contributed by atoms with Crippen molar-refractivity contribution in [2.45, 2.75) is 110 Å². The van der Waals surface area contributed by atoms with Crippen molar-refractivity contribution in [1.29, 1.82) is 0 Å². The molecule has 4 rings (SSSR count). The number of amides is 2. The molecule has 0 aliphatic carbocycles. The van der Waals surface area contributed by atoms with E-state index in [4.69, 9.17) is 14.2 Å². The van der Waals surface area contributed by atoms with Crippen LogP contribution < -0.4 is 10.6 Å². The quantitative estimate of drug-likeness (QED) is 0.197. The van der Waals surface area contributed by atoms with Crippen molar-refractivity contribution < 1.29 is 33.7 Å². The molecule has 0 bridgehead atoms. The van der Waals surface area contributed by atoms with Crippen LogP contribution in [0.25, 0.3) is 0 Å². The second-order valence-electron chi connectivity index (χ2n) is 13.5. The van der Waals surface area contributed by atoms with Gasteiger partial charge >= 0.3 is 5.97 Å². The number of carbonyl (C=O) groups is 3. The Morgan fingerprint density at radius 3 is 2.48 bits per heavy atom. The van der Waals surface area contributed by atoms with E-state index < -0.39 is 11.9 Å². The zero-order valence-corrected chi connectivity index (χ0v) is 27.9. The van der Waals surface area contributed by atoms with Crippen molar-refractivity contribution in [3.05, 3.63) is 65.2 Å². The molecule has 0 saturated carbocycles. The summed E-state index contributed by atoms with van der Waals surface area (Å²) in [5, 5.41) is 15.3. The van der Waals surface area contributed by atoms with Gasteiger partial charge in [-0.05, 0) is 76.3 Å². The van der Waals surface area contributed by atoms with E-state index in [9.17, 15) is 19.5 Å². The summed E-state index contributed by atoms with van der Waals surface area (Å²) in [5.74, 6) is -0.354. The van der Waals surface area contributed by atoms with Crippen LogP contribution in [0.3, 0.4) is 0 Å². The molecule has 5 unspecified atom stereocenters. The molecular weight excluding hydrogens is 586 g/mol. The Labute approximate surface area is 273 Å². The molecule has 0 aromatic heterocycles. The van der Waals surface area contributed by atoms with Crippen molar-refractivity contribution in [3.63, 3.8) is 0 Å². The summed E-state index contributed by atoms with van der Waals surface area (Å²) in [5.41, 5.74) is 2.70. The second-order valence-corrected chi connectivity index (χ2v) is 13.5. The summed E-state index contributed by atoms with van der Waals surface area (Å²) in [4.78, 5) is 39.0. The largest absolute Gasteiger partial charge is 0.459 e. The predicted octanol–water partition coefficient (Wildman–Crippen LogP) is 5.41. The van der Waals surface area contributed by atoms with Gasteiger partial charge in [-0.2, -0.15) is 0 Å². The van der Waals surface area contributed by atoms with Crippen LogP contribution in [0.4, 0.5) is 5.69 Å². The topological polar surface area (TPSA) is 126 Å². The third kappa shape index (κ3) is 10.4. The molecule has 2 aromatic carbocycles. The SMILES string of the molecule is CC(=O)NCCCCCC(=O)Nc1cccc(C2OC(CN3CCCC3C(=O)OC(C)(C)C)C(C)C(c3ccc(CO)cc3)O2)c1. The lowest BCUT2D eigenvalue weighted by molar-refractivity contribution is -0.276. The summed E-state index contributed by atoms with van der Waals surface area (Å²) in [6.45, 7) is 11.2. The van der Waals surface area contributed by atoms with Crippen molar-refractivity contribution >= 4 is 23.5 Å². The number of carbonyl (C=O) groups excluding carboxylic acids is 3. The van der Waals surface area contributed by atoms with Gasteiger partial charge in [-0.3, -0.25) is 19.3 Å². The minimum absolute atomic E-state index is 0.0354. The number of benzene rings is 2. The monoisotopic (exact) mass is 637 g/mol. The molecule has 46 heavy (non-hydrogen) atoms. The van der Waals surface area contributed by atoms with Gasteiger partial charge in [0.05, 0.1) is 18.8 Å². The van der Waals surface area contributed by atoms with Gasteiger partial charge in [0.1, 0.15) is 11.6 Å². The zero-order valence-electron chi connectivity index (χ0n) is 27.9. The number of hydrogen-bond donors (Lipinski definition) is 3. The molecule has 10 heteroatoms. The molecule has 0 radical (unpaired) electrons. The predicted molar refractivity (Wildman–Crippen MR) is 176 cm³/mol. The van der Waals surface area contributed by atoms with E-state index in [2.05, 4.69) is 22.5 Å². The molecule has 10 nitrogen and oxygen atoms in total. The maximum Gasteiger partial charge on any atom is 0.323 e. The normalized spacial score (nSPS) is 23.6. The Kier molecular flexibility index (Phi) is 12.7. The molecule has 2 fully saturated rings. The number of ether oxygens (including phenoxy) is 3. The first kappa shape index (κ1) is 35.5. The van der Waals surface area contributed by atoms with E-state index >= 15 is 0 Å². The fraction of sp³-hybridized carbons (Fsp3) is 0.583. The number of rotatable bonds is 13. The lowest BCUT2D eigenvalue weighted by Crippen LogP contribution is -2.48. The molecule has 2 aromatic rings. The highest BCUT2D eigenvalue weighted by molar-refractivity contribution is 5.90. The maximum atomic E-state index is 13.1. The van der Waals surface area contributed by atoms with Crippen molar-refractivity contribution in [1.82, 2.24) is 10.2 Å². The van der Waals surface area contributed by atoms with Crippen LogP contribution in [0.15, 0.2) is 48.5 Å². The number of nitrogens with zero attached hydrogens (tertiary/aromatic N) is 1. The molecule has 0 spiro atoms. The van der Waals surface area contributed by atoms with E-state index in [1.165, 1.54) is 6.92 Å². The first-order valence-electron chi connectivity index (χ1n) is 16.6. The molecular formula is C36H51N3O7. The van der Waals surface area contributed by atoms with Crippen LogP contribution in [0.1, 0.15) is 102 Å². The van der Waals surface area contributed by atoms with E-state index in [0.29, 0.717) is 25.2 Å². The van der Waals surface area contributed by atoms with Gasteiger partial charge in [-0.25, -0.2) is 0 Å². The number of nitrogens with one attached hydrogen (secondary N) is 2. The van der Waals surface area contributed by atoms with Gasteiger partial charge in [0, 0.05) is 43.6 Å². The van der Waals surface area contributed by atoms with Gasteiger partial charge in [-0.1, -0.05) is 49.7 Å². The number of hydrogen-bond acceptors (Lipinski definition) is 8. The van der Waals surface area contributed by atoms with Crippen LogP contribution in [0.2, 0.25) is 0 Å². The third-order valence-electron chi connectivity index (χ3n) is 8.48. The Balaban J connectivity index is 1.48. The van der Waals surface area contributed by atoms with E-state index in [1.807, 2.05) is 69.3 Å². The van der Waals surface area contributed by atoms with Gasteiger partial charge < -0.3 is 30.0 Å². The highest BCUT2D eigenvalue weighted by Gasteiger charge is 2.42. The molecule has 2 aliphatic rings. The Morgan fingerprint density at radius 1 is 1.02 bits per heavy atom. The highest BCUT2D eigenvalue weighted by Crippen LogP contribution is 2.42. The van der Waals surface area contributed by atoms with Gasteiger partial charge in [0.25, 0.3) is 0 Å². The number of unbranched alkanes of at least 4 members (excludes halogenated alkanes) is 2. The first-order valence-corrected chi connectivity index (χ1v) is 16.6. The van der Waals surface area contributed by atoms with Crippen LogP contribution in [0.5, 0.6) is 0 Å². The average molecular weight is 638 g/mol. The molecule has 2 amide bonds. The van der Waals surface area contributed by atoms with E-state index in [-0.39, 0.29) is 48.6 Å². The third-order valence-corrected chi connectivity index (χ3v) is 8.48. The van der Waals surface area contributed by atoms with E-state index in [0.717, 1.165) is 55.3 Å². The molecule has 3 N–H and O–H groups in total. The van der Waals surface area contributed by atoms with Gasteiger partial charge in [0.15, 0.2) is 6.29 Å². The van der Waals surface area contributed by atoms with E-state index in [1.54, 1.807) is 0 Å². The van der Waals surface area contributed by atoms with Crippen LogP contribution in [-0.4, -0.2) is 65.2 Å². The standard InChI is InChI=1S/C36H51N3O7/c1-24-31(22-39-20-10-13-30(39)34(43)46-36(3,4)5)44-35(45-33(24)27-17-15-26(23-40)16-18-27)28-11-9-12-29(21-28)38-32(42)14-7-6-8-19-37-25(2)41/h9,11-12,15-18,21,24,30-31,33,35,40H,6-8,10,13-14,19-20,22-23H2,1-5H3,(H,37,41)(H,38,42). The number of esters is 1. The second kappa shape index (κ2) is 16.5. The van der Waals surface area contributed by atoms with Crippen LogP contribution in [-0.2, 0) is 35.2 Å². The lowest BCUT2D eigenvalue weighted by atomic mass is 9.90. The van der Waals surface area contributed by atoms with Gasteiger partial charge in [-0.15, -0.1) is 0 Å². The van der Waals surface area contributed by atoms with Crippen molar-refractivity contribution in [3.8, 4) is 0 Å². The molecule has 2 saturated heterocycles. The number of anilines is 1. The van der Waals surface area contributed by atoms with Crippen molar-refractivity contribution in [2.24, 2.45) is 5.92 Å². The molecule has 2 heterocycles. The summed E-state index contributed by atoms with van der Waals surface area (Å²) in [6, 6.07) is 15.0. The average Bonchev–Trinajstić information content (AvgIpc) is 3.47.